The molecule has 1 saturated heterocycles. The molecule has 0 radical (unpaired) electrons. The monoisotopic (exact) mass is 936 g/mol. The minimum atomic E-state index is -4.91. The van der Waals surface area contributed by atoms with Crippen molar-refractivity contribution in [2.24, 2.45) is 0 Å². The zero-order valence-corrected chi connectivity index (χ0v) is 41.0. The third kappa shape index (κ3) is 10.8. The molecule has 1 N–H and O–H groups in total. The fourth-order valence-electron chi connectivity index (χ4n) is 8.99. The number of allylic oxidation sites excluding steroid dienone is 6. The SMILES string of the molecule is COCCN1c2cc3c(cc2C(C)=CC1(C)C)C(=CC=CC1=[N+](CCCS(=O)(=O)O)c2ccc(S(=O)(=O)[O-])cc2C1(C)CCCC(=O)ON1C(=O)CCC1=O)C=C(c1ccccc1)O3.[Na+]. The third-order valence-corrected chi connectivity index (χ3v) is 13.7. The van der Waals surface area contributed by atoms with Crippen molar-refractivity contribution in [2.45, 2.75) is 82.1 Å². The maximum Gasteiger partial charge on any atom is 1.00 e. The van der Waals surface area contributed by atoms with Gasteiger partial charge in [0, 0.05) is 85.5 Å². The number of fused-ring (bicyclic) bond motifs is 3. The molecule has 0 saturated carbocycles. The average Bonchev–Trinajstić information content (AvgIpc) is 3.66. The summed E-state index contributed by atoms with van der Waals surface area (Å²) in [5.41, 5.74) is 5.77. The molecule has 338 valence electrons. The largest absolute Gasteiger partial charge is 1.00 e. The molecule has 4 aliphatic heterocycles. The normalized spacial score (nSPS) is 19.7. The first-order chi connectivity index (χ1) is 30.2. The van der Waals surface area contributed by atoms with Crippen LogP contribution in [0.4, 0.5) is 11.4 Å². The average molecular weight is 937 g/mol. The minimum absolute atomic E-state index is 0. The predicted molar refractivity (Wildman–Crippen MR) is 239 cm³/mol. The van der Waals surface area contributed by atoms with Crippen LogP contribution in [0.2, 0.25) is 0 Å². The molecule has 0 aliphatic carbocycles. The zero-order chi connectivity index (χ0) is 46.2. The summed E-state index contributed by atoms with van der Waals surface area (Å²) < 4.78 is 84.4. The van der Waals surface area contributed by atoms with E-state index in [4.69, 9.17) is 14.3 Å². The van der Waals surface area contributed by atoms with Crippen molar-refractivity contribution < 1.29 is 88.8 Å². The van der Waals surface area contributed by atoms with Crippen LogP contribution in [0.25, 0.3) is 16.9 Å². The summed E-state index contributed by atoms with van der Waals surface area (Å²) in [6.45, 7) is 9.47. The Bertz CT molecular complexity index is 2780. The van der Waals surface area contributed by atoms with E-state index in [1.165, 1.54) is 18.2 Å². The van der Waals surface area contributed by atoms with E-state index in [0.29, 0.717) is 46.7 Å². The van der Waals surface area contributed by atoms with Crippen molar-refractivity contribution in [1.29, 1.82) is 0 Å². The quantitative estimate of drug-likeness (QED) is 0.0945. The number of methoxy groups -OCH3 is 1. The molecule has 4 aliphatic rings. The standard InChI is InChI=1S/C47H51N3O12S2.Na/c1-31-30-46(2,3)49(23-24-60-5)39-29-41-36(28-35(31)39)33(26-40(61-41)32-12-7-6-8-13-32)14-9-15-42-47(4,21-10-16-45(53)62-50-43(51)19-20-44(50)52)37-27-34(64(57,58)59)17-18-38(37)48(42)22-11-25-63(54,55)56;/h6-9,12-15,17-18,26-30H,10-11,16,19-25H2,1-5H3,(H-,54,55,56,57,58,59);/q;+1. The number of hydroxylamine groups is 2. The van der Waals surface area contributed by atoms with E-state index in [9.17, 15) is 40.3 Å². The zero-order valence-electron chi connectivity index (χ0n) is 37.3. The molecular formula is C47H51N3NaO12S2+. The predicted octanol–water partition coefficient (Wildman–Crippen LogP) is 3.73. The first kappa shape index (κ1) is 49.7. The second kappa shape index (κ2) is 19.6. The summed E-state index contributed by atoms with van der Waals surface area (Å²) in [4.78, 5) is 44.1. The number of rotatable bonds is 16. The Kier molecular flexibility index (Phi) is 15.0. The summed E-state index contributed by atoms with van der Waals surface area (Å²) >= 11 is 0. The first-order valence-corrected chi connectivity index (χ1v) is 24.0. The number of imide groups is 1. The van der Waals surface area contributed by atoms with E-state index in [-0.39, 0.29) is 80.2 Å². The van der Waals surface area contributed by atoms with Gasteiger partial charge in [0.1, 0.15) is 28.2 Å². The maximum atomic E-state index is 12.9. The Morgan fingerprint density at radius 3 is 2.35 bits per heavy atom. The van der Waals surface area contributed by atoms with Gasteiger partial charge in [0.25, 0.3) is 21.9 Å². The van der Waals surface area contributed by atoms with Gasteiger partial charge >= 0.3 is 35.5 Å². The van der Waals surface area contributed by atoms with Crippen molar-refractivity contribution in [2.75, 3.05) is 37.5 Å². The van der Waals surface area contributed by atoms with Crippen LogP contribution in [-0.2, 0) is 49.6 Å². The van der Waals surface area contributed by atoms with Gasteiger partial charge in [-0.25, -0.2) is 13.2 Å². The molecule has 7 rings (SSSR count). The second-order valence-electron chi connectivity index (χ2n) is 17.0. The Labute approximate surface area is 401 Å². The molecule has 0 aromatic heterocycles. The summed E-state index contributed by atoms with van der Waals surface area (Å²) in [5, 5.41) is 0.475. The topological polar surface area (TPSA) is 200 Å². The van der Waals surface area contributed by atoms with Gasteiger partial charge in [-0.05, 0) is 76.0 Å². The first-order valence-electron chi connectivity index (χ1n) is 21.0. The molecule has 1 fully saturated rings. The van der Waals surface area contributed by atoms with E-state index in [1.54, 1.807) is 7.11 Å². The maximum absolute atomic E-state index is 12.9. The molecule has 4 heterocycles. The van der Waals surface area contributed by atoms with Crippen LogP contribution >= 0.6 is 0 Å². The van der Waals surface area contributed by atoms with Gasteiger partial charge < -0.3 is 23.8 Å². The van der Waals surface area contributed by atoms with Crippen molar-refractivity contribution in [3.05, 3.63) is 113 Å². The number of hydrogen-bond acceptors (Lipinski definition) is 12. The van der Waals surface area contributed by atoms with E-state index in [0.717, 1.165) is 33.5 Å². The van der Waals surface area contributed by atoms with E-state index >= 15 is 0 Å². The number of nitrogens with zero attached hydrogens (tertiary/aromatic N) is 3. The Balaban J connectivity index is 0.00000700. The van der Waals surface area contributed by atoms with Gasteiger partial charge in [-0.2, -0.15) is 13.0 Å². The molecule has 18 heteroatoms. The molecule has 3 aromatic rings. The van der Waals surface area contributed by atoms with Gasteiger partial charge in [0.2, 0.25) is 5.69 Å². The molecule has 15 nitrogen and oxygen atoms in total. The van der Waals surface area contributed by atoms with Crippen molar-refractivity contribution >= 4 is 72.0 Å². The van der Waals surface area contributed by atoms with Gasteiger partial charge in [0.05, 0.1) is 28.2 Å². The van der Waals surface area contributed by atoms with E-state index in [2.05, 4.69) is 43.9 Å². The molecule has 1 atom stereocenters. The molecule has 65 heavy (non-hydrogen) atoms. The molecule has 3 aromatic carbocycles. The van der Waals surface area contributed by atoms with Gasteiger partial charge in [-0.1, -0.05) is 48.6 Å². The van der Waals surface area contributed by atoms with E-state index in [1.807, 2.05) is 66.1 Å². The van der Waals surface area contributed by atoms with Crippen LogP contribution in [0.3, 0.4) is 0 Å². The van der Waals surface area contributed by atoms with Gasteiger partial charge in [-0.3, -0.25) is 14.1 Å². The number of carbonyl (C=O) groups excluding carboxylic acids is 3. The Morgan fingerprint density at radius 1 is 0.985 bits per heavy atom. The van der Waals surface area contributed by atoms with Crippen LogP contribution in [0.15, 0.2) is 95.9 Å². The molecule has 0 spiro atoms. The molecular weight excluding hydrogens is 886 g/mol. The minimum Gasteiger partial charge on any atom is -0.744 e. The number of carbonyl (C=O) groups is 3. The molecule has 1 unspecified atom stereocenters. The summed E-state index contributed by atoms with van der Waals surface area (Å²) in [6.07, 6.45) is 9.74. The fourth-order valence-corrected chi connectivity index (χ4v) is 9.98. The van der Waals surface area contributed by atoms with Crippen LogP contribution in [0.5, 0.6) is 5.75 Å². The van der Waals surface area contributed by atoms with Gasteiger partial charge in [-0.15, -0.1) is 5.06 Å². The Morgan fingerprint density at radius 2 is 1.69 bits per heavy atom. The molecule has 2 amide bonds. The number of amides is 2. The summed E-state index contributed by atoms with van der Waals surface area (Å²) in [6, 6.07) is 17.8. The fraction of sp³-hybridized carbons (Fsp3) is 0.362. The second-order valence-corrected chi connectivity index (χ2v) is 19.9. The summed E-state index contributed by atoms with van der Waals surface area (Å²) in [7, 11) is -7.57. The Hall–Kier alpha value is -4.72. The van der Waals surface area contributed by atoms with Crippen LogP contribution in [-0.4, -0.2) is 97.2 Å². The van der Waals surface area contributed by atoms with E-state index < -0.39 is 54.1 Å². The number of anilines is 1. The third-order valence-electron chi connectivity index (χ3n) is 12.0. The van der Waals surface area contributed by atoms with Crippen LogP contribution in [0.1, 0.15) is 88.5 Å². The van der Waals surface area contributed by atoms with Crippen molar-refractivity contribution in [3.8, 4) is 5.75 Å². The van der Waals surface area contributed by atoms with Crippen LogP contribution in [0, 0.1) is 0 Å². The summed E-state index contributed by atoms with van der Waals surface area (Å²) in [5.74, 6) is -1.34. The number of benzene rings is 3. The van der Waals surface area contributed by atoms with Gasteiger partial charge in [0.15, 0.2) is 5.71 Å². The smallest absolute Gasteiger partial charge is 0.744 e. The van der Waals surface area contributed by atoms with Crippen molar-refractivity contribution in [1.82, 2.24) is 5.06 Å². The van der Waals surface area contributed by atoms with Crippen LogP contribution < -0.4 is 39.2 Å². The van der Waals surface area contributed by atoms with Crippen molar-refractivity contribution in [3.63, 3.8) is 0 Å². The number of hydrogen-bond donors (Lipinski definition) is 1. The molecule has 0 bridgehead atoms. The number of ether oxygens (including phenoxy) is 2.